The summed E-state index contributed by atoms with van der Waals surface area (Å²) in [5, 5.41) is 6.18. The average molecular weight is 462 g/mol. The van der Waals surface area contributed by atoms with Gasteiger partial charge in [0.05, 0.1) is 12.3 Å². The van der Waals surface area contributed by atoms with E-state index >= 15 is 0 Å². The zero-order valence-corrected chi connectivity index (χ0v) is 19.5. The quantitative estimate of drug-likeness (QED) is 0.505. The van der Waals surface area contributed by atoms with E-state index in [-0.39, 0.29) is 11.9 Å². The molecule has 0 saturated heterocycles. The number of amides is 3. The molecule has 0 fully saturated rings. The van der Waals surface area contributed by atoms with Crippen molar-refractivity contribution in [3.05, 3.63) is 83.9 Å². The number of hydrogen-bond donors (Lipinski definition) is 2. The monoisotopic (exact) mass is 461 g/mol. The van der Waals surface area contributed by atoms with Crippen molar-refractivity contribution in [2.24, 2.45) is 0 Å². The summed E-state index contributed by atoms with van der Waals surface area (Å²) in [6, 6.07) is 22.3. The molecule has 0 aromatic heterocycles. The van der Waals surface area contributed by atoms with Gasteiger partial charge in [-0.3, -0.25) is 9.69 Å². The van der Waals surface area contributed by atoms with Crippen LogP contribution in [-0.2, 0) is 6.54 Å². The Bertz CT molecular complexity index is 1130. The fourth-order valence-corrected chi connectivity index (χ4v) is 4.81. The molecule has 7 heteroatoms. The van der Waals surface area contributed by atoms with Crippen LogP contribution in [0.4, 0.5) is 16.2 Å². The van der Waals surface area contributed by atoms with Crippen LogP contribution in [0.5, 0.6) is 5.75 Å². The topological polar surface area (TPSA) is 70.7 Å². The lowest BCUT2D eigenvalue weighted by atomic mass is 10.1. The maximum absolute atomic E-state index is 13.0. The lowest BCUT2D eigenvalue weighted by molar-refractivity contribution is 0.0950. The molecule has 0 saturated carbocycles. The van der Waals surface area contributed by atoms with Gasteiger partial charge >= 0.3 is 6.03 Å². The highest BCUT2D eigenvalue weighted by atomic mass is 32.2. The third-order valence-electron chi connectivity index (χ3n) is 5.28. The zero-order chi connectivity index (χ0) is 23.2. The molecule has 3 aromatic rings. The molecule has 0 spiro atoms. The normalized spacial score (nSPS) is 14.8. The van der Waals surface area contributed by atoms with Crippen molar-refractivity contribution in [3.8, 4) is 5.75 Å². The van der Waals surface area contributed by atoms with E-state index in [1.807, 2.05) is 55.5 Å². The number of nitrogens with one attached hydrogen (secondary N) is 2. The van der Waals surface area contributed by atoms with Crippen molar-refractivity contribution in [2.45, 2.75) is 30.5 Å². The first-order chi connectivity index (χ1) is 16.0. The minimum Gasteiger partial charge on any atom is -0.494 e. The first-order valence-corrected chi connectivity index (χ1v) is 11.9. The van der Waals surface area contributed by atoms with E-state index in [9.17, 15) is 9.59 Å². The number of urea groups is 1. The molecule has 3 amide bonds. The van der Waals surface area contributed by atoms with Crippen LogP contribution in [0.15, 0.2) is 77.7 Å². The Kier molecular flexibility index (Phi) is 7.19. The molecule has 0 unspecified atom stereocenters. The van der Waals surface area contributed by atoms with Crippen molar-refractivity contribution >= 4 is 35.1 Å². The molecule has 1 aliphatic rings. The SMILES string of the molecule is CCOc1ccccc1CNC(=O)c1ccc(NC(=O)N2C[C@H](C)Sc3ccccc32)cc1. The molecule has 3 aromatic carbocycles. The number of para-hydroxylation sites is 2. The number of nitrogens with zero attached hydrogens (tertiary/aromatic N) is 1. The maximum atomic E-state index is 13.0. The van der Waals surface area contributed by atoms with Crippen molar-refractivity contribution in [1.29, 1.82) is 0 Å². The summed E-state index contributed by atoms with van der Waals surface area (Å²) < 4.78 is 5.61. The van der Waals surface area contributed by atoms with Crippen LogP contribution in [0, 0.1) is 0 Å². The Labute approximate surface area is 198 Å². The van der Waals surface area contributed by atoms with Gasteiger partial charge in [0.25, 0.3) is 5.91 Å². The highest BCUT2D eigenvalue weighted by molar-refractivity contribution is 8.00. The van der Waals surface area contributed by atoms with Crippen LogP contribution in [0.3, 0.4) is 0 Å². The molecule has 6 nitrogen and oxygen atoms in total. The van der Waals surface area contributed by atoms with Gasteiger partial charge in [0.2, 0.25) is 0 Å². The molecule has 2 N–H and O–H groups in total. The standard InChI is InChI=1S/C26H27N3O3S/c1-3-32-23-10-6-4-8-20(23)16-27-25(30)19-12-14-21(15-13-19)28-26(31)29-17-18(2)33-24-11-7-5-9-22(24)29/h4-15,18H,3,16-17H2,1-2H3,(H,27,30)(H,28,31)/t18-/m0/s1. The molecule has 1 aliphatic heterocycles. The number of benzene rings is 3. The number of carbonyl (C=O) groups is 2. The molecular weight excluding hydrogens is 434 g/mol. The first-order valence-electron chi connectivity index (χ1n) is 11.0. The summed E-state index contributed by atoms with van der Waals surface area (Å²) >= 11 is 1.78. The Morgan fingerprint density at radius 3 is 2.55 bits per heavy atom. The number of rotatable bonds is 6. The molecular formula is C26H27N3O3S. The largest absolute Gasteiger partial charge is 0.494 e. The van der Waals surface area contributed by atoms with Gasteiger partial charge in [-0.15, -0.1) is 11.8 Å². The van der Waals surface area contributed by atoms with Gasteiger partial charge in [-0.05, 0) is 49.4 Å². The van der Waals surface area contributed by atoms with E-state index in [0.29, 0.717) is 36.2 Å². The predicted octanol–water partition coefficient (Wildman–Crippen LogP) is 5.55. The Morgan fingerprint density at radius 1 is 1.03 bits per heavy atom. The zero-order valence-electron chi connectivity index (χ0n) is 18.7. The molecule has 0 radical (unpaired) electrons. The van der Waals surface area contributed by atoms with E-state index < -0.39 is 0 Å². The molecule has 1 heterocycles. The first kappa shape index (κ1) is 22.7. The molecule has 33 heavy (non-hydrogen) atoms. The van der Waals surface area contributed by atoms with E-state index in [2.05, 4.69) is 17.6 Å². The van der Waals surface area contributed by atoms with Crippen LogP contribution in [0.25, 0.3) is 0 Å². The van der Waals surface area contributed by atoms with Crippen molar-refractivity contribution in [1.82, 2.24) is 5.32 Å². The smallest absolute Gasteiger partial charge is 0.326 e. The number of hydrogen-bond acceptors (Lipinski definition) is 4. The van der Waals surface area contributed by atoms with Gasteiger partial charge in [-0.1, -0.05) is 37.3 Å². The second kappa shape index (κ2) is 10.4. The van der Waals surface area contributed by atoms with E-state index in [1.54, 1.807) is 40.9 Å². The third kappa shape index (κ3) is 5.49. The number of carbonyl (C=O) groups excluding carboxylic acids is 2. The molecule has 0 bridgehead atoms. The Morgan fingerprint density at radius 2 is 1.76 bits per heavy atom. The predicted molar refractivity (Wildman–Crippen MR) is 133 cm³/mol. The molecule has 0 aliphatic carbocycles. The fourth-order valence-electron chi connectivity index (χ4n) is 3.70. The van der Waals surface area contributed by atoms with E-state index in [4.69, 9.17) is 4.74 Å². The molecule has 1 atom stereocenters. The van der Waals surface area contributed by atoms with Gasteiger partial charge in [0.1, 0.15) is 5.75 Å². The Balaban J connectivity index is 1.38. The highest BCUT2D eigenvalue weighted by Gasteiger charge is 2.26. The van der Waals surface area contributed by atoms with Crippen molar-refractivity contribution in [2.75, 3.05) is 23.4 Å². The van der Waals surface area contributed by atoms with Crippen LogP contribution in [-0.4, -0.2) is 30.3 Å². The summed E-state index contributed by atoms with van der Waals surface area (Å²) in [7, 11) is 0. The number of anilines is 2. The van der Waals surface area contributed by atoms with Gasteiger partial charge in [0, 0.05) is 40.0 Å². The highest BCUT2D eigenvalue weighted by Crippen LogP contribution is 2.38. The van der Waals surface area contributed by atoms with Gasteiger partial charge in [-0.25, -0.2) is 4.79 Å². The summed E-state index contributed by atoms with van der Waals surface area (Å²) in [4.78, 5) is 28.4. The van der Waals surface area contributed by atoms with Crippen LogP contribution >= 0.6 is 11.8 Å². The Hall–Kier alpha value is -3.45. The fraction of sp³-hybridized carbons (Fsp3) is 0.231. The second-order valence-electron chi connectivity index (χ2n) is 7.74. The summed E-state index contributed by atoms with van der Waals surface area (Å²) in [5.41, 5.74) is 3.00. The molecule has 170 valence electrons. The van der Waals surface area contributed by atoms with Gasteiger partial charge in [0.15, 0.2) is 0 Å². The summed E-state index contributed by atoms with van der Waals surface area (Å²) in [5.74, 6) is 0.584. The lowest BCUT2D eigenvalue weighted by Crippen LogP contribution is -2.41. The number of fused-ring (bicyclic) bond motifs is 1. The average Bonchev–Trinajstić information content (AvgIpc) is 2.83. The van der Waals surface area contributed by atoms with Gasteiger partial charge < -0.3 is 15.4 Å². The number of thioether (sulfide) groups is 1. The molecule has 4 rings (SSSR count). The van der Waals surface area contributed by atoms with Crippen molar-refractivity contribution in [3.63, 3.8) is 0 Å². The minimum atomic E-state index is -0.185. The van der Waals surface area contributed by atoms with Crippen LogP contribution in [0.2, 0.25) is 0 Å². The summed E-state index contributed by atoms with van der Waals surface area (Å²) in [6.07, 6.45) is 0. The maximum Gasteiger partial charge on any atom is 0.326 e. The minimum absolute atomic E-state index is 0.181. The van der Waals surface area contributed by atoms with Gasteiger partial charge in [-0.2, -0.15) is 0 Å². The van der Waals surface area contributed by atoms with E-state index in [1.165, 1.54) is 0 Å². The van der Waals surface area contributed by atoms with Crippen molar-refractivity contribution < 1.29 is 14.3 Å². The second-order valence-corrected chi connectivity index (χ2v) is 9.22. The lowest BCUT2D eigenvalue weighted by Gasteiger charge is -2.32. The van der Waals surface area contributed by atoms with Crippen LogP contribution in [0.1, 0.15) is 29.8 Å². The number of ether oxygens (including phenoxy) is 1. The van der Waals surface area contributed by atoms with Crippen LogP contribution < -0.4 is 20.3 Å². The summed E-state index contributed by atoms with van der Waals surface area (Å²) in [6.45, 7) is 5.62. The third-order valence-corrected chi connectivity index (χ3v) is 6.43. The van der Waals surface area contributed by atoms with E-state index in [0.717, 1.165) is 21.9 Å².